The molecule has 1 heterocycles. The lowest BCUT2D eigenvalue weighted by molar-refractivity contribution is -0.150. The first-order valence-corrected chi connectivity index (χ1v) is 2.57. The zero-order valence-corrected chi connectivity index (χ0v) is 4.90. The van der Waals surface area contributed by atoms with E-state index in [1.54, 1.807) is 0 Å². The lowest BCUT2D eigenvalue weighted by Gasteiger charge is -2.02. The van der Waals surface area contributed by atoms with Crippen LogP contribution < -0.4 is 11.2 Å². The number of hydroxylamine groups is 1. The normalized spacial score (nSPS) is 31.9. The second-order valence-corrected chi connectivity index (χ2v) is 1.87. The number of aliphatic carboxylic acids is 1. The minimum absolute atomic E-state index is 0.604. The molecule has 1 saturated heterocycles. The van der Waals surface area contributed by atoms with Crippen molar-refractivity contribution >= 4 is 11.9 Å². The summed E-state index contributed by atoms with van der Waals surface area (Å²) < 4.78 is 0. The van der Waals surface area contributed by atoms with Crippen LogP contribution in [0.25, 0.3) is 0 Å². The van der Waals surface area contributed by atoms with E-state index in [9.17, 15) is 9.59 Å². The molecule has 0 aromatic rings. The minimum Gasteiger partial charge on any atom is -0.479 e. The summed E-state index contributed by atoms with van der Waals surface area (Å²) in [6.45, 7) is 0. The van der Waals surface area contributed by atoms with Gasteiger partial charge in [-0.25, -0.2) is 10.3 Å². The van der Waals surface area contributed by atoms with Crippen molar-refractivity contribution in [2.24, 2.45) is 5.73 Å². The van der Waals surface area contributed by atoms with Crippen molar-refractivity contribution in [1.82, 2.24) is 5.48 Å². The molecule has 2 atom stereocenters. The summed E-state index contributed by atoms with van der Waals surface area (Å²) in [5.41, 5.74) is 6.96. The minimum atomic E-state index is -1.26. The lowest BCUT2D eigenvalue weighted by atomic mass is 10.2. The molecule has 1 rings (SSSR count). The second kappa shape index (κ2) is 2.24. The molecule has 6 nitrogen and oxygen atoms in total. The fourth-order valence-electron chi connectivity index (χ4n) is 0.604. The average molecular weight is 146 g/mol. The number of hydrogen-bond acceptors (Lipinski definition) is 4. The lowest BCUT2D eigenvalue weighted by Crippen LogP contribution is -2.41. The topological polar surface area (TPSA) is 102 Å². The largest absolute Gasteiger partial charge is 0.479 e. The number of carbonyl (C=O) groups excluding carboxylic acids is 1. The smallest absolute Gasteiger partial charge is 0.337 e. The second-order valence-electron chi connectivity index (χ2n) is 1.87. The molecule has 56 valence electrons. The molecule has 0 bridgehead atoms. The van der Waals surface area contributed by atoms with Crippen LogP contribution in [0.3, 0.4) is 0 Å². The molecule has 1 aliphatic rings. The number of hydrogen-bond donors (Lipinski definition) is 3. The van der Waals surface area contributed by atoms with Crippen LogP contribution in [0.2, 0.25) is 0 Å². The van der Waals surface area contributed by atoms with Gasteiger partial charge < -0.3 is 10.8 Å². The van der Waals surface area contributed by atoms with Gasteiger partial charge in [-0.3, -0.25) is 9.63 Å². The Morgan fingerprint density at radius 3 is 2.60 bits per heavy atom. The molecule has 0 aromatic carbocycles. The van der Waals surface area contributed by atoms with Crippen molar-refractivity contribution in [2.75, 3.05) is 0 Å². The summed E-state index contributed by atoms with van der Waals surface area (Å²) in [7, 11) is 0. The molecule has 2 unspecified atom stereocenters. The Balaban J connectivity index is 2.66. The molecular formula is C4H6N2O4. The van der Waals surface area contributed by atoms with Crippen LogP contribution in [-0.4, -0.2) is 29.1 Å². The van der Waals surface area contributed by atoms with Gasteiger partial charge in [-0.05, 0) is 0 Å². The van der Waals surface area contributed by atoms with Gasteiger partial charge in [0.2, 0.25) is 6.10 Å². The van der Waals surface area contributed by atoms with E-state index in [0.29, 0.717) is 0 Å². The molecule has 4 N–H and O–H groups in total. The van der Waals surface area contributed by atoms with E-state index in [1.165, 1.54) is 0 Å². The molecular weight excluding hydrogens is 140 g/mol. The van der Waals surface area contributed by atoms with E-state index in [-0.39, 0.29) is 0 Å². The van der Waals surface area contributed by atoms with E-state index in [4.69, 9.17) is 10.8 Å². The highest BCUT2D eigenvalue weighted by Crippen LogP contribution is 2.02. The van der Waals surface area contributed by atoms with Crippen molar-refractivity contribution in [1.29, 1.82) is 0 Å². The molecule has 0 radical (unpaired) electrons. The highest BCUT2D eigenvalue weighted by molar-refractivity contribution is 5.90. The van der Waals surface area contributed by atoms with Gasteiger partial charge >= 0.3 is 5.97 Å². The van der Waals surface area contributed by atoms with Gasteiger partial charge in [0.05, 0.1) is 0 Å². The molecule has 10 heavy (non-hydrogen) atoms. The van der Waals surface area contributed by atoms with Gasteiger partial charge in [-0.15, -0.1) is 0 Å². The van der Waals surface area contributed by atoms with E-state index in [2.05, 4.69) is 4.84 Å². The zero-order chi connectivity index (χ0) is 7.72. The van der Waals surface area contributed by atoms with Crippen LogP contribution in [0, 0.1) is 0 Å². The first-order chi connectivity index (χ1) is 4.63. The zero-order valence-electron chi connectivity index (χ0n) is 4.90. The number of nitrogens with one attached hydrogen (secondary N) is 1. The highest BCUT2D eigenvalue weighted by Gasteiger charge is 2.38. The quantitative estimate of drug-likeness (QED) is 0.390. The van der Waals surface area contributed by atoms with Crippen molar-refractivity contribution in [3.8, 4) is 0 Å². The van der Waals surface area contributed by atoms with E-state index >= 15 is 0 Å². The number of rotatable bonds is 1. The Hall–Kier alpha value is -1.14. The summed E-state index contributed by atoms with van der Waals surface area (Å²) in [5.74, 6) is -1.85. The van der Waals surface area contributed by atoms with E-state index < -0.39 is 24.0 Å². The first-order valence-electron chi connectivity index (χ1n) is 2.57. The van der Waals surface area contributed by atoms with Crippen molar-refractivity contribution in [2.45, 2.75) is 12.1 Å². The molecule has 6 heteroatoms. The van der Waals surface area contributed by atoms with Gasteiger partial charge in [0.15, 0.2) is 0 Å². The predicted octanol–water partition coefficient (Wildman–Crippen LogP) is -2.17. The van der Waals surface area contributed by atoms with Gasteiger partial charge in [-0.1, -0.05) is 0 Å². The summed E-state index contributed by atoms with van der Waals surface area (Å²) >= 11 is 0. The Kier molecular flexibility index (Phi) is 1.56. The molecule has 0 saturated carbocycles. The summed E-state index contributed by atoms with van der Waals surface area (Å²) in [6.07, 6.45) is -1.26. The summed E-state index contributed by atoms with van der Waals surface area (Å²) in [4.78, 5) is 24.9. The molecule has 0 aliphatic carbocycles. The van der Waals surface area contributed by atoms with E-state index in [1.807, 2.05) is 5.48 Å². The van der Waals surface area contributed by atoms with Crippen LogP contribution in [0.1, 0.15) is 0 Å². The summed E-state index contributed by atoms with van der Waals surface area (Å²) in [6, 6.07) is -1.10. The van der Waals surface area contributed by atoms with Gasteiger partial charge in [-0.2, -0.15) is 0 Å². The molecule has 1 amide bonds. The van der Waals surface area contributed by atoms with Crippen LogP contribution in [0.15, 0.2) is 0 Å². The maximum absolute atomic E-state index is 10.5. The Morgan fingerprint density at radius 1 is 1.80 bits per heavy atom. The van der Waals surface area contributed by atoms with Crippen molar-refractivity contribution < 1.29 is 19.5 Å². The van der Waals surface area contributed by atoms with Crippen LogP contribution in [0.4, 0.5) is 0 Å². The third-order valence-corrected chi connectivity index (χ3v) is 1.16. The fourth-order valence-corrected chi connectivity index (χ4v) is 0.604. The maximum Gasteiger partial charge on any atom is 0.337 e. The number of carbonyl (C=O) groups is 2. The molecule has 1 aliphatic heterocycles. The number of carboxylic acids is 1. The number of nitrogens with two attached hydrogens (primary N) is 1. The number of carboxylic acid groups (broad SMARTS) is 1. The standard InChI is InChI=1S/C4H6N2O4/c5-1-2(4(8)9)10-6-3(1)7/h1-2H,5H2,(H,6,7)(H,8,9). The third-order valence-electron chi connectivity index (χ3n) is 1.16. The van der Waals surface area contributed by atoms with Gasteiger partial charge in [0.25, 0.3) is 5.91 Å². The third kappa shape index (κ3) is 0.937. The molecule has 0 spiro atoms. The highest BCUT2D eigenvalue weighted by atomic mass is 16.7. The molecule has 0 aromatic heterocycles. The van der Waals surface area contributed by atoms with E-state index in [0.717, 1.165) is 0 Å². The Bertz CT molecular complexity index is 180. The predicted molar refractivity (Wildman–Crippen MR) is 28.6 cm³/mol. The van der Waals surface area contributed by atoms with Gasteiger partial charge in [0, 0.05) is 0 Å². The Labute approximate surface area is 55.9 Å². The molecule has 1 fully saturated rings. The van der Waals surface area contributed by atoms with Crippen molar-refractivity contribution in [3.63, 3.8) is 0 Å². The summed E-state index contributed by atoms with van der Waals surface area (Å²) in [5, 5.41) is 8.30. The fraction of sp³-hybridized carbons (Fsp3) is 0.500. The van der Waals surface area contributed by atoms with Crippen molar-refractivity contribution in [3.05, 3.63) is 0 Å². The average Bonchev–Trinajstić information content (AvgIpc) is 2.14. The Morgan fingerprint density at radius 2 is 2.40 bits per heavy atom. The van der Waals surface area contributed by atoms with Crippen LogP contribution in [-0.2, 0) is 14.4 Å². The van der Waals surface area contributed by atoms with Gasteiger partial charge in [0.1, 0.15) is 6.04 Å². The maximum atomic E-state index is 10.5. The van der Waals surface area contributed by atoms with Crippen LogP contribution >= 0.6 is 0 Å². The van der Waals surface area contributed by atoms with Crippen LogP contribution in [0.5, 0.6) is 0 Å². The monoisotopic (exact) mass is 146 g/mol. The number of amides is 1. The first kappa shape index (κ1) is 6.97. The SMILES string of the molecule is NC1C(=O)NOC1C(=O)O.